The second kappa shape index (κ2) is 6.27. The average Bonchev–Trinajstić information content (AvgIpc) is 2.90. The highest BCUT2D eigenvalue weighted by atomic mass is 19.4. The number of furan rings is 1. The number of hydrogen-bond acceptors (Lipinski definition) is 4. The predicted molar refractivity (Wildman–Crippen MR) is 84.9 cm³/mol. The molecule has 1 aliphatic rings. The molecule has 0 fully saturated rings. The minimum atomic E-state index is -4.43. The number of anilines is 1. The molecule has 0 bridgehead atoms. The Kier molecular flexibility index (Phi) is 4.28. The highest BCUT2D eigenvalue weighted by Crippen LogP contribution is 2.32. The first-order chi connectivity index (χ1) is 11.8. The molecule has 1 aliphatic carbocycles. The summed E-state index contributed by atoms with van der Waals surface area (Å²) in [5, 5.41) is 13.4. The first kappa shape index (κ1) is 17.1. The summed E-state index contributed by atoms with van der Waals surface area (Å²) in [5.41, 5.74) is 3.75. The molecule has 5 nitrogen and oxygen atoms in total. The van der Waals surface area contributed by atoms with E-state index in [4.69, 9.17) is 9.52 Å². The monoisotopic (exact) mass is 352 g/mol. The molecule has 0 saturated carbocycles. The molecule has 1 aromatic heterocycles. The summed E-state index contributed by atoms with van der Waals surface area (Å²) >= 11 is 0. The van der Waals surface area contributed by atoms with Gasteiger partial charge in [0.25, 0.3) is 0 Å². The second-order valence-corrected chi connectivity index (χ2v) is 5.76. The number of hydrogen-bond donors (Lipinski definition) is 2. The molecule has 0 amide bonds. The van der Waals surface area contributed by atoms with Crippen LogP contribution >= 0.6 is 0 Å². The number of benzene rings is 1. The summed E-state index contributed by atoms with van der Waals surface area (Å²) in [6.45, 7) is 1.64. The van der Waals surface area contributed by atoms with Crippen molar-refractivity contribution in [2.75, 3.05) is 5.43 Å². The molecule has 3 rings (SSSR count). The molecule has 0 atom stereocenters. The van der Waals surface area contributed by atoms with Gasteiger partial charge in [0.2, 0.25) is 5.76 Å². The van der Waals surface area contributed by atoms with E-state index in [1.165, 1.54) is 12.1 Å². The van der Waals surface area contributed by atoms with E-state index in [9.17, 15) is 18.0 Å². The molecule has 0 saturated heterocycles. The molecule has 0 aliphatic heterocycles. The van der Waals surface area contributed by atoms with Gasteiger partial charge in [-0.2, -0.15) is 18.3 Å². The van der Waals surface area contributed by atoms with Crippen LogP contribution in [0.15, 0.2) is 33.8 Å². The molecule has 1 heterocycles. The Hall–Kier alpha value is -2.77. The molecule has 0 unspecified atom stereocenters. The number of fused-ring (bicyclic) bond motifs is 1. The first-order valence-electron chi connectivity index (χ1n) is 7.63. The maximum absolute atomic E-state index is 12.8. The standard InChI is InChI=1S/C17H15F3N2O3/c1-9-14-12(6-3-7-13(14)25-15(9)16(23)24)22-21-11-5-2-4-10(8-11)17(18,19)20/h2,4-5,8,21H,3,6-7H2,1H3,(H,23,24)/b22-12+. The van der Waals surface area contributed by atoms with E-state index < -0.39 is 17.7 Å². The van der Waals surface area contributed by atoms with Gasteiger partial charge < -0.3 is 9.52 Å². The van der Waals surface area contributed by atoms with Crippen molar-refractivity contribution in [1.82, 2.24) is 0 Å². The fourth-order valence-corrected chi connectivity index (χ4v) is 2.88. The third-order valence-corrected chi connectivity index (χ3v) is 4.03. The first-order valence-corrected chi connectivity index (χ1v) is 7.63. The minimum absolute atomic E-state index is 0.126. The normalized spacial score (nSPS) is 15.9. The number of nitrogens with zero attached hydrogens (tertiary/aromatic N) is 1. The van der Waals surface area contributed by atoms with E-state index in [0.29, 0.717) is 35.4 Å². The maximum Gasteiger partial charge on any atom is 0.416 e. The maximum atomic E-state index is 12.8. The quantitative estimate of drug-likeness (QED) is 0.800. The fraction of sp³-hybridized carbons (Fsp3) is 0.294. The van der Waals surface area contributed by atoms with Crippen molar-refractivity contribution in [3.8, 4) is 0 Å². The largest absolute Gasteiger partial charge is 0.475 e. The van der Waals surface area contributed by atoms with Gasteiger partial charge in [-0.1, -0.05) is 6.07 Å². The van der Waals surface area contributed by atoms with E-state index in [-0.39, 0.29) is 11.4 Å². The number of hydrazone groups is 1. The van der Waals surface area contributed by atoms with Crippen LogP contribution in [0.2, 0.25) is 0 Å². The third kappa shape index (κ3) is 3.38. The predicted octanol–water partition coefficient (Wildman–Crippen LogP) is 4.46. The lowest BCUT2D eigenvalue weighted by Crippen LogP contribution is -2.13. The number of carboxylic acids is 1. The number of aryl methyl sites for hydroxylation is 1. The summed E-state index contributed by atoms with van der Waals surface area (Å²) < 4.78 is 43.7. The number of halogens is 3. The van der Waals surface area contributed by atoms with Crippen LogP contribution < -0.4 is 5.43 Å². The zero-order valence-electron chi connectivity index (χ0n) is 13.3. The van der Waals surface area contributed by atoms with Crippen molar-refractivity contribution in [2.24, 2.45) is 5.10 Å². The molecule has 1 aromatic carbocycles. The van der Waals surface area contributed by atoms with Gasteiger partial charge in [0.1, 0.15) is 5.76 Å². The summed E-state index contributed by atoms with van der Waals surface area (Å²) in [6.07, 6.45) is -2.52. The lowest BCUT2D eigenvalue weighted by atomic mass is 9.93. The number of carbonyl (C=O) groups is 1. The van der Waals surface area contributed by atoms with Crippen LogP contribution in [0.1, 0.15) is 45.8 Å². The van der Waals surface area contributed by atoms with Crippen LogP contribution in [0.3, 0.4) is 0 Å². The molecular weight excluding hydrogens is 337 g/mol. The van der Waals surface area contributed by atoms with Crippen molar-refractivity contribution in [1.29, 1.82) is 0 Å². The third-order valence-electron chi connectivity index (χ3n) is 4.03. The van der Waals surface area contributed by atoms with E-state index in [2.05, 4.69) is 10.5 Å². The molecule has 8 heteroatoms. The Morgan fingerprint density at radius 1 is 1.32 bits per heavy atom. The van der Waals surface area contributed by atoms with Crippen LogP contribution in [-0.2, 0) is 12.6 Å². The average molecular weight is 352 g/mol. The van der Waals surface area contributed by atoms with Gasteiger partial charge in [-0.25, -0.2) is 4.79 Å². The molecule has 25 heavy (non-hydrogen) atoms. The lowest BCUT2D eigenvalue weighted by molar-refractivity contribution is -0.137. The van der Waals surface area contributed by atoms with Gasteiger partial charge in [0.15, 0.2) is 0 Å². The summed E-state index contributed by atoms with van der Waals surface area (Å²) in [6, 6.07) is 4.73. The van der Waals surface area contributed by atoms with Crippen molar-refractivity contribution in [2.45, 2.75) is 32.4 Å². The number of aromatic carboxylic acids is 1. The Balaban J connectivity index is 1.91. The lowest BCUT2D eigenvalue weighted by Gasteiger charge is -2.14. The molecule has 0 radical (unpaired) electrons. The molecular formula is C17H15F3N2O3. The van der Waals surface area contributed by atoms with Gasteiger partial charge in [0.05, 0.1) is 17.0 Å². The van der Waals surface area contributed by atoms with Gasteiger partial charge in [-0.15, -0.1) is 0 Å². The Morgan fingerprint density at radius 3 is 2.76 bits per heavy atom. The van der Waals surface area contributed by atoms with Crippen molar-refractivity contribution in [3.05, 3.63) is 52.5 Å². The highest BCUT2D eigenvalue weighted by Gasteiger charge is 2.30. The van der Waals surface area contributed by atoms with Crippen molar-refractivity contribution < 1.29 is 27.5 Å². The fourth-order valence-electron chi connectivity index (χ4n) is 2.88. The zero-order chi connectivity index (χ0) is 18.2. The van der Waals surface area contributed by atoms with E-state index in [1.807, 2.05) is 0 Å². The van der Waals surface area contributed by atoms with Gasteiger partial charge >= 0.3 is 12.1 Å². The number of rotatable bonds is 3. The second-order valence-electron chi connectivity index (χ2n) is 5.76. The van der Waals surface area contributed by atoms with E-state index in [1.54, 1.807) is 6.92 Å². The van der Waals surface area contributed by atoms with Gasteiger partial charge in [-0.05, 0) is 38.0 Å². The highest BCUT2D eigenvalue weighted by molar-refractivity contribution is 6.05. The Bertz CT molecular complexity index is 853. The molecule has 132 valence electrons. The van der Waals surface area contributed by atoms with Crippen molar-refractivity contribution in [3.63, 3.8) is 0 Å². The Morgan fingerprint density at radius 2 is 2.08 bits per heavy atom. The number of alkyl halides is 3. The summed E-state index contributed by atoms with van der Waals surface area (Å²) in [4.78, 5) is 11.2. The minimum Gasteiger partial charge on any atom is -0.475 e. The zero-order valence-corrected chi connectivity index (χ0v) is 13.3. The van der Waals surface area contributed by atoms with Gasteiger partial charge in [-0.3, -0.25) is 5.43 Å². The van der Waals surface area contributed by atoms with Crippen LogP contribution in [0.4, 0.5) is 18.9 Å². The van der Waals surface area contributed by atoms with E-state index in [0.717, 1.165) is 18.6 Å². The van der Waals surface area contributed by atoms with Crippen LogP contribution in [0.25, 0.3) is 0 Å². The summed E-state index contributed by atoms with van der Waals surface area (Å²) in [5.74, 6) is -0.735. The number of carboxylic acid groups (broad SMARTS) is 1. The van der Waals surface area contributed by atoms with Crippen LogP contribution in [0, 0.1) is 6.92 Å². The SMILES string of the molecule is Cc1c(C(=O)O)oc2c1/C(=N/Nc1cccc(C(F)(F)F)c1)CCC2. The molecule has 2 aromatic rings. The molecule has 2 N–H and O–H groups in total. The Labute approximate surface area is 141 Å². The molecule has 0 spiro atoms. The van der Waals surface area contributed by atoms with Gasteiger partial charge in [0, 0.05) is 17.5 Å². The summed E-state index contributed by atoms with van der Waals surface area (Å²) in [7, 11) is 0. The van der Waals surface area contributed by atoms with Crippen molar-refractivity contribution >= 4 is 17.4 Å². The number of nitrogens with one attached hydrogen (secondary N) is 1. The smallest absolute Gasteiger partial charge is 0.416 e. The van der Waals surface area contributed by atoms with Crippen LogP contribution in [-0.4, -0.2) is 16.8 Å². The topological polar surface area (TPSA) is 74.8 Å². The van der Waals surface area contributed by atoms with Crippen LogP contribution in [0.5, 0.6) is 0 Å². The van der Waals surface area contributed by atoms with E-state index >= 15 is 0 Å².